The van der Waals surface area contributed by atoms with Crippen LogP contribution in [0.4, 0.5) is 0 Å². The predicted molar refractivity (Wildman–Crippen MR) is 88.5 cm³/mol. The maximum Gasteiger partial charge on any atom is 0.496 e. The first-order chi connectivity index (χ1) is 9.21. The summed E-state index contributed by atoms with van der Waals surface area (Å²) in [7, 11) is 2.28. The number of halogens is 1. The zero-order valence-electron chi connectivity index (χ0n) is 12.1. The van der Waals surface area contributed by atoms with E-state index >= 15 is 0 Å². The van der Waals surface area contributed by atoms with Gasteiger partial charge in [-0.3, -0.25) is 3.97 Å². The van der Waals surface area contributed by atoms with E-state index in [1.54, 1.807) is 10.0 Å². The first kappa shape index (κ1) is 16.2. The Labute approximate surface area is 135 Å². The minimum atomic E-state index is -0.479. The van der Waals surface area contributed by atoms with Crippen LogP contribution in [0.15, 0.2) is 12.3 Å². The SMILES string of the molecule is COC(=O)c1cc(B2OC(C)(C)C(C)(C)O2)cn1SI. The van der Waals surface area contributed by atoms with Crippen molar-refractivity contribution in [3.05, 3.63) is 18.0 Å². The Bertz CT molecular complexity index is 516. The molecular weight excluding hydrogens is 392 g/mol. The largest absolute Gasteiger partial charge is 0.496 e. The zero-order valence-corrected chi connectivity index (χ0v) is 15.1. The van der Waals surface area contributed by atoms with E-state index in [4.69, 9.17) is 14.0 Å². The third-order valence-corrected chi connectivity index (χ3v) is 5.53. The Morgan fingerprint density at radius 3 is 2.35 bits per heavy atom. The van der Waals surface area contributed by atoms with Gasteiger partial charge in [0.05, 0.1) is 18.3 Å². The quantitative estimate of drug-likeness (QED) is 0.436. The number of aromatic nitrogens is 1. The molecule has 1 aromatic heterocycles. The number of nitrogens with zero attached hydrogens (tertiary/aromatic N) is 1. The van der Waals surface area contributed by atoms with Gasteiger partial charge >= 0.3 is 13.1 Å². The molecule has 0 bridgehead atoms. The topological polar surface area (TPSA) is 49.7 Å². The summed E-state index contributed by atoms with van der Waals surface area (Å²) in [6, 6.07) is 1.75. The lowest BCUT2D eigenvalue weighted by Gasteiger charge is -2.32. The second-order valence-corrected chi connectivity index (χ2v) is 7.35. The Morgan fingerprint density at radius 2 is 1.90 bits per heavy atom. The highest BCUT2D eigenvalue weighted by Gasteiger charge is 2.52. The predicted octanol–water partition coefficient (Wildman–Crippen LogP) is 2.42. The molecule has 5 nitrogen and oxygen atoms in total. The van der Waals surface area contributed by atoms with Gasteiger partial charge in [-0.2, -0.15) is 0 Å². The summed E-state index contributed by atoms with van der Waals surface area (Å²) >= 11 is 2.11. The van der Waals surface area contributed by atoms with Gasteiger partial charge in [-0.25, -0.2) is 4.79 Å². The van der Waals surface area contributed by atoms with Crippen LogP contribution in [0.2, 0.25) is 0 Å². The number of carbonyl (C=O) groups excluding carboxylic acids is 1. The van der Waals surface area contributed by atoms with Crippen LogP contribution >= 0.6 is 30.3 Å². The first-order valence-corrected chi connectivity index (χ1v) is 9.49. The Kier molecular flexibility index (Phi) is 4.49. The highest BCUT2D eigenvalue weighted by Crippen LogP contribution is 2.36. The van der Waals surface area contributed by atoms with Gasteiger partial charge < -0.3 is 14.0 Å². The van der Waals surface area contributed by atoms with Gasteiger partial charge in [0, 0.05) is 42.0 Å². The summed E-state index contributed by atoms with van der Waals surface area (Å²) in [5.74, 6) is -0.378. The molecule has 2 heterocycles. The average Bonchev–Trinajstić information content (AvgIpc) is 2.88. The van der Waals surface area contributed by atoms with Crippen LogP contribution in [0.1, 0.15) is 38.2 Å². The fourth-order valence-electron chi connectivity index (χ4n) is 1.88. The van der Waals surface area contributed by atoms with Gasteiger partial charge in [-0.05, 0) is 33.8 Å². The molecule has 0 N–H and O–H groups in total. The van der Waals surface area contributed by atoms with Gasteiger partial charge in [0.25, 0.3) is 0 Å². The van der Waals surface area contributed by atoms with Crippen LogP contribution in [-0.2, 0) is 14.0 Å². The zero-order chi connectivity index (χ0) is 15.1. The molecule has 2 rings (SSSR count). The normalized spacial score (nSPS) is 20.2. The third-order valence-electron chi connectivity index (χ3n) is 3.80. The van der Waals surface area contributed by atoms with Crippen molar-refractivity contribution in [1.29, 1.82) is 0 Å². The highest BCUT2D eigenvalue weighted by atomic mass is 127. The van der Waals surface area contributed by atoms with E-state index in [0.29, 0.717) is 5.69 Å². The van der Waals surface area contributed by atoms with Gasteiger partial charge in [0.15, 0.2) is 0 Å². The standard InChI is InChI=1S/C12H17BINO4S/c1-11(2)12(3,4)19-13(18-11)8-6-9(10(16)17-5)15(7-8)20-14/h6-7H,1-5H3. The van der Waals surface area contributed by atoms with Crippen molar-refractivity contribution in [2.75, 3.05) is 7.11 Å². The number of hydrogen-bond donors (Lipinski definition) is 0. The van der Waals surface area contributed by atoms with Crippen LogP contribution in [0.3, 0.4) is 0 Å². The molecule has 110 valence electrons. The van der Waals surface area contributed by atoms with E-state index in [-0.39, 0.29) is 5.97 Å². The summed E-state index contributed by atoms with van der Waals surface area (Å²) < 4.78 is 18.5. The molecule has 0 amide bonds. The van der Waals surface area contributed by atoms with Crippen molar-refractivity contribution >= 4 is 48.9 Å². The van der Waals surface area contributed by atoms with E-state index in [2.05, 4.69) is 21.2 Å². The number of esters is 1. The molecule has 1 aliphatic heterocycles. The molecule has 1 saturated heterocycles. The van der Waals surface area contributed by atoms with Crippen LogP contribution < -0.4 is 5.46 Å². The molecule has 1 fully saturated rings. The van der Waals surface area contributed by atoms with Crippen LogP contribution in [0.25, 0.3) is 0 Å². The van der Waals surface area contributed by atoms with Gasteiger partial charge in [0.2, 0.25) is 0 Å². The molecule has 0 spiro atoms. The molecule has 20 heavy (non-hydrogen) atoms. The molecule has 8 heteroatoms. The van der Waals surface area contributed by atoms with Crippen molar-refractivity contribution in [3.8, 4) is 0 Å². The number of carbonyl (C=O) groups is 1. The molecule has 0 aliphatic carbocycles. The number of ether oxygens (including phenoxy) is 1. The molecule has 0 saturated carbocycles. The summed E-state index contributed by atoms with van der Waals surface area (Å²) in [5.41, 5.74) is 0.482. The van der Waals surface area contributed by atoms with Crippen molar-refractivity contribution in [1.82, 2.24) is 3.97 Å². The van der Waals surface area contributed by atoms with Gasteiger partial charge in [-0.1, -0.05) is 0 Å². The second kappa shape index (κ2) is 5.55. The van der Waals surface area contributed by atoms with Crippen molar-refractivity contribution in [3.63, 3.8) is 0 Å². The number of rotatable bonds is 3. The van der Waals surface area contributed by atoms with Crippen molar-refractivity contribution in [2.24, 2.45) is 0 Å². The van der Waals surface area contributed by atoms with Crippen molar-refractivity contribution < 1.29 is 18.8 Å². The Morgan fingerprint density at radius 1 is 1.35 bits per heavy atom. The number of hydrogen-bond acceptors (Lipinski definition) is 5. The van der Waals surface area contributed by atoms with E-state index in [0.717, 1.165) is 5.46 Å². The smallest absolute Gasteiger partial charge is 0.464 e. The maximum absolute atomic E-state index is 11.7. The summed E-state index contributed by atoms with van der Waals surface area (Å²) in [6.07, 6.45) is 1.84. The van der Waals surface area contributed by atoms with Gasteiger partial charge in [-0.15, -0.1) is 0 Å². The summed E-state index contributed by atoms with van der Waals surface area (Å²) in [4.78, 5) is 11.7. The fourth-order valence-corrected chi connectivity index (χ4v) is 3.22. The minimum Gasteiger partial charge on any atom is -0.464 e. The lowest BCUT2D eigenvalue weighted by molar-refractivity contribution is 0.00578. The number of methoxy groups -OCH3 is 1. The van der Waals surface area contributed by atoms with Gasteiger partial charge in [0.1, 0.15) is 5.69 Å². The van der Waals surface area contributed by atoms with E-state index < -0.39 is 18.3 Å². The summed E-state index contributed by atoms with van der Waals surface area (Å²) in [5, 5.41) is 0. The van der Waals surface area contributed by atoms with E-state index in [1.807, 2.05) is 33.9 Å². The molecule has 1 aliphatic rings. The molecule has 0 unspecified atom stereocenters. The van der Waals surface area contributed by atoms with Crippen molar-refractivity contribution in [2.45, 2.75) is 38.9 Å². The maximum atomic E-state index is 11.7. The average molecular weight is 409 g/mol. The highest BCUT2D eigenvalue weighted by molar-refractivity contribution is 14.2. The second-order valence-electron chi connectivity index (χ2n) is 5.63. The first-order valence-electron chi connectivity index (χ1n) is 6.17. The lowest BCUT2D eigenvalue weighted by Crippen LogP contribution is -2.41. The Balaban J connectivity index is 2.32. The minimum absolute atomic E-state index is 0.378. The molecule has 0 radical (unpaired) electrons. The van der Waals surface area contributed by atoms with E-state index in [1.165, 1.54) is 16.2 Å². The summed E-state index contributed by atoms with van der Waals surface area (Å²) in [6.45, 7) is 7.99. The van der Waals surface area contributed by atoms with Crippen LogP contribution in [0, 0.1) is 0 Å². The van der Waals surface area contributed by atoms with Crippen LogP contribution in [-0.4, -0.2) is 35.4 Å². The van der Waals surface area contributed by atoms with E-state index in [9.17, 15) is 4.79 Å². The molecular formula is C12H17BINO4S. The molecule has 0 atom stereocenters. The lowest BCUT2D eigenvalue weighted by atomic mass is 9.81. The monoisotopic (exact) mass is 409 g/mol. The Hall–Kier alpha value is -0.185. The molecule has 1 aromatic rings. The third kappa shape index (κ3) is 2.75. The fraction of sp³-hybridized carbons (Fsp3) is 0.583. The van der Waals surface area contributed by atoms with Crippen LogP contribution in [0.5, 0.6) is 0 Å². The molecule has 0 aromatic carbocycles.